The molecular formula is C18H27N3. The number of imidazole rings is 1. The SMILES string of the molecule is Cc1cccc(CCC(C)NCCCCn2ccnc2)c1. The van der Waals surface area contributed by atoms with Crippen molar-refractivity contribution < 1.29 is 0 Å². The summed E-state index contributed by atoms with van der Waals surface area (Å²) in [5, 5.41) is 3.62. The van der Waals surface area contributed by atoms with Crippen molar-refractivity contribution in [1.29, 1.82) is 0 Å². The molecular weight excluding hydrogens is 258 g/mol. The summed E-state index contributed by atoms with van der Waals surface area (Å²) in [5.41, 5.74) is 2.80. The van der Waals surface area contributed by atoms with Crippen LogP contribution in [0.5, 0.6) is 0 Å². The predicted molar refractivity (Wildman–Crippen MR) is 88.4 cm³/mol. The number of unbranched alkanes of at least 4 members (excludes halogenated alkanes) is 1. The van der Waals surface area contributed by atoms with Gasteiger partial charge >= 0.3 is 0 Å². The number of hydrogen-bond acceptors (Lipinski definition) is 2. The quantitative estimate of drug-likeness (QED) is 0.714. The van der Waals surface area contributed by atoms with Crippen LogP contribution in [0.15, 0.2) is 43.0 Å². The van der Waals surface area contributed by atoms with Crippen molar-refractivity contribution in [1.82, 2.24) is 14.9 Å². The second-order valence-electron chi connectivity index (χ2n) is 5.89. The molecule has 2 rings (SSSR count). The maximum Gasteiger partial charge on any atom is 0.0945 e. The summed E-state index contributed by atoms with van der Waals surface area (Å²) in [6.45, 7) is 6.61. The van der Waals surface area contributed by atoms with Gasteiger partial charge in [-0.3, -0.25) is 0 Å². The molecule has 0 aliphatic heterocycles. The Hall–Kier alpha value is -1.61. The molecule has 0 saturated heterocycles. The number of nitrogens with zero attached hydrogens (tertiary/aromatic N) is 2. The second-order valence-corrected chi connectivity index (χ2v) is 5.89. The highest BCUT2D eigenvalue weighted by molar-refractivity contribution is 5.22. The molecule has 1 aromatic heterocycles. The topological polar surface area (TPSA) is 29.9 Å². The van der Waals surface area contributed by atoms with E-state index < -0.39 is 0 Å². The van der Waals surface area contributed by atoms with Crippen LogP contribution in [0.25, 0.3) is 0 Å². The van der Waals surface area contributed by atoms with Crippen LogP contribution in [-0.4, -0.2) is 22.1 Å². The molecule has 0 spiro atoms. The highest BCUT2D eigenvalue weighted by atomic mass is 15.0. The second kappa shape index (κ2) is 8.63. The van der Waals surface area contributed by atoms with Gasteiger partial charge in [0, 0.05) is 25.0 Å². The third-order valence-electron chi connectivity index (χ3n) is 3.84. The van der Waals surface area contributed by atoms with Gasteiger partial charge in [0.25, 0.3) is 0 Å². The summed E-state index contributed by atoms with van der Waals surface area (Å²) < 4.78 is 2.14. The van der Waals surface area contributed by atoms with E-state index in [2.05, 4.69) is 53.0 Å². The van der Waals surface area contributed by atoms with Crippen molar-refractivity contribution in [2.24, 2.45) is 0 Å². The summed E-state index contributed by atoms with van der Waals surface area (Å²) in [7, 11) is 0. The number of aryl methyl sites for hydroxylation is 3. The standard InChI is InChI=1S/C18H27N3/c1-16-6-5-7-18(14-16)9-8-17(2)20-10-3-4-12-21-13-11-19-15-21/h5-7,11,13-15,17,20H,3-4,8-10,12H2,1-2H3. The van der Waals surface area contributed by atoms with Gasteiger partial charge in [-0.25, -0.2) is 4.98 Å². The molecule has 1 heterocycles. The largest absolute Gasteiger partial charge is 0.337 e. The third kappa shape index (κ3) is 6.13. The molecule has 3 heteroatoms. The van der Waals surface area contributed by atoms with Crippen LogP contribution in [0.1, 0.15) is 37.3 Å². The van der Waals surface area contributed by atoms with E-state index in [4.69, 9.17) is 0 Å². The van der Waals surface area contributed by atoms with E-state index in [0.717, 1.165) is 19.5 Å². The van der Waals surface area contributed by atoms with Crippen molar-refractivity contribution in [3.63, 3.8) is 0 Å². The minimum absolute atomic E-state index is 0.582. The molecule has 2 aromatic rings. The van der Waals surface area contributed by atoms with Crippen LogP contribution < -0.4 is 5.32 Å². The molecule has 0 saturated carbocycles. The van der Waals surface area contributed by atoms with Gasteiger partial charge in [0.2, 0.25) is 0 Å². The van der Waals surface area contributed by atoms with Gasteiger partial charge in [-0.05, 0) is 51.6 Å². The van der Waals surface area contributed by atoms with Crippen LogP contribution in [0, 0.1) is 6.92 Å². The summed E-state index contributed by atoms with van der Waals surface area (Å²) in [6.07, 6.45) is 10.5. The van der Waals surface area contributed by atoms with Crippen molar-refractivity contribution >= 4 is 0 Å². The maximum absolute atomic E-state index is 4.06. The Morgan fingerprint density at radius 2 is 2.19 bits per heavy atom. The predicted octanol–water partition coefficient (Wildman–Crippen LogP) is 3.58. The van der Waals surface area contributed by atoms with Crippen LogP contribution in [0.2, 0.25) is 0 Å². The van der Waals surface area contributed by atoms with Gasteiger partial charge in [-0.2, -0.15) is 0 Å². The molecule has 0 fully saturated rings. The minimum atomic E-state index is 0.582. The molecule has 0 amide bonds. The molecule has 0 aliphatic rings. The van der Waals surface area contributed by atoms with E-state index in [-0.39, 0.29) is 0 Å². The molecule has 1 atom stereocenters. The highest BCUT2D eigenvalue weighted by Gasteiger charge is 2.02. The Morgan fingerprint density at radius 3 is 2.95 bits per heavy atom. The molecule has 0 bridgehead atoms. The number of nitrogens with one attached hydrogen (secondary N) is 1. The minimum Gasteiger partial charge on any atom is -0.337 e. The monoisotopic (exact) mass is 285 g/mol. The first-order chi connectivity index (χ1) is 10.2. The van der Waals surface area contributed by atoms with Crippen LogP contribution in [0.4, 0.5) is 0 Å². The van der Waals surface area contributed by atoms with Crippen molar-refractivity contribution in [3.05, 3.63) is 54.1 Å². The highest BCUT2D eigenvalue weighted by Crippen LogP contribution is 2.08. The molecule has 1 aromatic carbocycles. The van der Waals surface area contributed by atoms with E-state index in [1.807, 2.05) is 18.7 Å². The van der Waals surface area contributed by atoms with Crippen molar-refractivity contribution in [3.8, 4) is 0 Å². The summed E-state index contributed by atoms with van der Waals surface area (Å²) in [5.74, 6) is 0. The Bertz CT molecular complexity index is 505. The number of aromatic nitrogens is 2. The lowest BCUT2D eigenvalue weighted by molar-refractivity contribution is 0.488. The van der Waals surface area contributed by atoms with Gasteiger partial charge in [-0.15, -0.1) is 0 Å². The molecule has 0 radical (unpaired) electrons. The molecule has 3 nitrogen and oxygen atoms in total. The van der Waals surface area contributed by atoms with E-state index in [1.54, 1.807) is 0 Å². The Labute approximate surface area is 128 Å². The van der Waals surface area contributed by atoms with E-state index in [9.17, 15) is 0 Å². The lowest BCUT2D eigenvalue weighted by Gasteiger charge is -2.14. The van der Waals surface area contributed by atoms with Crippen LogP contribution in [0.3, 0.4) is 0 Å². The number of rotatable bonds is 9. The maximum atomic E-state index is 4.06. The molecule has 1 N–H and O–H groups in total. The smallest absolute Gasteiger partial charge is 0.0945 e. The van der Waals surface area contributed by atoms with Gasteiger partial charge in [-0.1, -0.05) is 29.8 Å². The van der Waals surface area contributed by atoms with Gasteiger partial charge in [0.1, 0.15) is 0 Å². The fraction of sp³-hybridized carbons (Fsp3) is 0.500. The third-order valence-corrected chi connectivity index (χ3v) is 3.84. The normalized spacial score (nSPS) is 12.5. The fourth-order valence-corrected chi connectivity index (χ4v) is 2.54. The Kier molecular flexibility index (Phi) is 6.48. The zero-order valence-corrected chi connectivity index (χ0v) is 13.3. The van der Waals surface area contributed by atoms with Crippen LogP contribution >= 0.6 is 0 Å². The van der Waals surface area contributed by atoms with Gasteiger partial charge < -0.3 is 9.88 Å². The van der Waals surface area contributed by atoms with E-state index in [1.165, 1.54) is 30.4 Å². The Morgan fingerprint density at radius 1 is 1.29 bits per heavy atom. The Balaban J connectivity index is 1.54. The average molecular weight is 285 g/mol. The summed E-state index contributed by atoms with van der Waals surface area (Å²) >= 11 is 0. The first-order valence-electron chi connectivity index (χ1n) is 7.99. The zero-order valence-electron chi connectivity index (χ0n) is 13.3. The fourth-order valence-electron chi connectivity index (χ4n) is 2.54. The first-order valence-corrected chi connectivity index (χ1v) is 7.99. The lowest BCUT2D eigenvalue weighted by atomic mass is 10.0. The molecule has 0 aliphatic carbocycles. The number of benzene rings is 1. The summed E-state index contributed by atoms with van der Waals surface area (Å²) in [6, 6.07) is 9.41. The average Bonchev–Trinajstić information content (AvgIpc) is 2.98. The molecule has 1 unspecified atom stereocenters. The molecule has 21 heavy (non-hydrogen) atoms. The van der Waals surface area contributed by atoms with E-state index >= 15 is 0 Å². The van der Waals surface area contributed by atoms with E-state index in [0.29, 0.717) is 6.04 Å². The number of hydrogen-bond donors (Lipinski definition) is 1. The van der Waals surface area contributed by atoms with Crippen molar-refractivity contribution in [2.45, 2.75) is 52.1 Å². The van der Waals surface area contributed by atoms with Gasteiger partial charge in [0.15, 0.2) is 0 Å². The summed E-state index contributed by atoms with van der Waals surface area (Å²) in [4.78, 5) is 4.06. The first kappa shape index (κ1) is 15.8. The lowest BCUT2D eigenvalue weighted by Crippen LogP contribution is -2.27. The van der Waals surface area contributed by atoms with Crippen LogP contribution in [-0.2, 0) is 13.0 Å². The van der Waals surface area contributed by atoms with Crippen molar-refractivity contribution in [2.75, 3.05) is 6.54 Å². The zero-order chi connectivity index (χ0) is 14.9. The van der Waals surface area contributed by atoms with Gasteiger partial charge in [0.05, 0.1) is 6.33 Å². The molecule has 114 valence electrons.